The molecule has 2 heterocycles. The summed E-state index contributed by atoms with van der Waals surface area (Å²) in [4.78, 5) is 2.64. The van der Waals surface area contributed by atoms with Crippen molar-refractivity contribution in [3.05, 3.63) is 47.3 Å². The lowest BCUT2D eigenvalue weighted by Gasteiger charge is -2.33. The summed E-state index contributed by atoms with van der Waals surface area (Å²) in [5.41, 5.74) is 3.09. The van der Waals surface area contributed by atoms with Crippen molar-refractivity contribution in [2.45, 2.75) is 38.8 Å². The summed E-state index contributed by atoms with van der Waals surface area (Å²) in [6.07, 6.45) is 1.64. The minimum absolute atomic E-state index is 0.335. The van der Waals surface area contributed by atoms with Crippen LogP contribution in [-0.2, 0) is 23.1 Å². The van der Waals surface area contributed by atoms with Crippen LogP contribution in [0.1, 0.15) is 23.7 Å². The van der Waals surface area contributed by atoms with Gasteiger partial charge in [-0.05, 0) is 26.3 Å². The van der Waals surface area contributed by atoms with Gasteiger partial charge in [-0.2, -0.15) is 9.40 Å². The van der Waals surface area contributed by atoms with Crippen LogP contribution in [0.3, 0.4) is 0 Å². The molecule has 0 N–H and O–H groups in total. The van der Waals surface area contributed by atoms with Gasteiger partial charge in [-0.1, -0.05) is 29.8 Å². The number of hydrogen-bond acceptors (Lipinski definition) is 4. The van der Waals surface area contributed by atoms with Crippen molar-refractivity contribution in [1.29, 1.82) is 0 Å². The molecule has 0 aliphatic carbocycles. The van der Waals surface area contributed by atoms with Crippen LogP contribution in [0.15, 0.2) is 35.4 Å². The summed E-state index contributed by atoms with van der Waals surface area (Å²) in [5.74, 6) is 0. The summed E-state index contributed by atoms with van der Waals surface area (Å²) < 4.78 is 29.1. The van der Waals surface area contributed by atoms with Gasteiger partial charge in [0, 0.05) is 45.5 Å². The van der Waals surface area contributed by atoms with Crippen LogP contribution >= 0.6 is 0 Å². The molecule has 3 rings (SSSR count). The van der Waals surface area contributed by atoms with Gasteiger partial charge in [-0.25, -0.2) is 8.42 Å². The molecule has 6 nitrogen and oxygen atoms in total. The van der Waals surface area contributed by atoms with Gasteiger partial charge in [-0.3, -0.25) is 9.58 Å². The van der Waals surface area contributed by atoms with E-state index in [2.05, 4.69) is 41.2 Å². The minimum atomic E-state index is -3.46. The van der Waals surface area contributed by atoms with Crippen LogP contribution in [0.2, 0.25) is 0 Å². The lowest BCUT2D eigenvalue weighted by atomic mass is 10.1. The van der Waals surface area contributed by atoms with Crippen molar-refractivity contribution in [3.63, 3.8) is 0 Å². The number of piperazine rings is 1. The molecule has 0 amide bonds. The Morgan fingerprint density at radius 3 is 2.24 bits per heavy atom. The predicted octanol–water partition coefficient (Wildman–Crippen LogP) is 2.03. The van der Waals surface area contributed by atoms with Gasteiger partial charge < -0.3 is 0 Å². The maximum Gasteiger partial charge on any atom is 0.246 e. The SMILES string of the molecule is CCn1cc(S(=O)(=O)N2CCN(Cc3ccc(C)cc3)CC2)c(C)n1. The number of benzene rings is 1. The molecular formula is C18H26N4O2S. The van der Waals surface area contributed by atoms with Gasteiger partial charge in [0.25, 0.3) is 0 Å². The first-order valence-electron chi connectivity index (χ1n) is 8.72. The Bertz CT molecular complexity index is 819. The Morgan fingerprint density at radius 1 is 1.04 bits per heavy atom. The van der Waals surface area contributed by atoms with Crippen LogP contribution in [0, 0.1) is 13.8 Å². The molecule has 1 aromatic carbocycles. The smallest absolute Gasteiger partial charge is 0.246 e. The van der Waals surface area contributed by atoms with Crippen LogP contribution in [0.5, 0.6) is 0 Å². The number of nitrogens with zero attached hydrogens (tertiary/aromatic N) is 4. The quantitative estimate of drug-likeness (QED) is 0.817. The standard InChI is InChI=1S/C18H26N4O2S/c1-4-21-14-18(16(3)19-21)25(23,24)22-11-9-20(10-12-22)13-17-7-5-15(2)6-8-17/h5-8,14H,4,9-13H2,1-3H3. The Morgan fingerprint density at radius 2 is 1.68 bits per heavy atom. The minimum Gasteiger partial charge on any atom is -0.296 e. The van der Waals surface area contributed by atoms with Gasteiger partial charge in [0.15, 0.2) is 0 Å². The number of rotatable bonds is 5. The van der Waals surface area contributed by atoms with Crippen LogP contribution < -0.4 is 0 Å². The first-order valence-corrected chi connectivity index (χ1v) is 10.2. The van der Waals surface area contributed by atoms with Crippen molar-refractivity contribution in [2.75, 3.05) is 26.2 Å². The summed E-state index contributed by atoms with van der Waals surface area (Å²) in [7, 11) is -3.46. The number of aryl methyl sites for hydroxylation is 3. The van der Waals surface area contributed by atoms with Gasteiger partial charge in [0.05, 0.1) is 5.69 Å². The van der Waals surface area contributed by atoms with E-state index in [-0.39, 0.29) is 0 Å². The number of aromatic nitrogens is 2. The second-order valence-electron chi connectivity index (χ2n) is 6.60. The maximum absolute atomic E-state index is 12.9. The molecule has 0 bridgehead atoms. The fourth-order valence-corrected chi connectivity index (χ4v) is 4.72. The molecule has 0 spiro atoms. The fraction of sp³-hybridized carbons (Fsp3) is 0.500. The third-order valence-corrected chi connectivity index (χ3v) is 6.70. The average Bonchev–Trinajstić information content (AvgIpc) is 2.99. The third-order valence-electron chi connectivity index (χ3n) is 4.70. The maximum atomic E-state index is 12.9. The Labute approximate surface area is 150 Å². The van der Waals surface area contributed by atoms with E-state index < -0.39 is 10.0 Å². The highest BCUT2D eigenvalue weighted by molar-refractivity contribution is 7.89. The summed E-state index contributed by atoms with van der Waals surface area (Å²) in [6.45, 7) is 9.84. The summed E-state index contributed by atoms with van der Waals surface area (Å²) in [6, 6.07) is 8.51. The highest BCUT2D eigenvalue weighted by atomic mass is 32.2. The molecule has 25 heavy (non-hydrogen) atoms. The molecule has 1 fully saturated rings. The van der Waals surface area contributed by atoms with E-state index in [1.165, 1.54) is 11.1 Å². The van der Waals surface area contributed by atoms with E-state index in [4.69, 9.17) is 0 Å². The Kier molecular flexibility index (Phi) is 5.27. The lowest BCUT2D eigenvalue weighted by molar-refractivity contribution is 0.181. The number of sulfonamides is 1. The molecule has 0 atom stereocenters. The van der Waals surface area contributed by atoms with E-state index in [0.29, 0.717) is 30.2 Å². The zero-order valence-electron chi connectivity index (χ0n) is 15.1. The fourth-order valence-electron chi connectivity index (χ4n) is 3.13. The molecule has 1 aliphatic rings. The first kappa shape index (κ1) is 18.1. The largest absolute Gasteiger partial charge is 0.296 e. The van der Waals surface area contributed by atoms with Gasteiger partial charge in [0.1, 0.15) is 4.90 Å². The van der Waals surface area contributed by atoms with Crippen LogP contribution in [-0.4, -0.2) is 53.6 Å². The highest BCUT2D eigenvalue weighted by Crippen LogP contribution is 2.21. The first-order chi connectivity index (χ1) is 11.9. The number of hydrogen-bond donors (Lipinski definition) is 0. The topological polar surface area (TPSA) is 58.4 Å². The summed E-state index contributed by atoms with van der Waals surface area (Å²) >= 11 is 0. The van der Waals surface area contributed by atoms with Crippen molar-refractivity contribution in [2.24, 2.45) is 0 Å². The zero-order valence-corrected chi connectivity index (χ0v) is 16.0. The molecule has 7 heteroatoms. The van der Waals surface area contributed by atoms with E-state index in [1.807, 2.05) is 6.92 Å². The molecule has 1 aliphatic heterocycles. The van der Waals surface area contributed by atoms with Crippen molar-refractivity contribution in [1.82, 2.24) is 19.0 Å². The second-order valence-corrected chi connectivity index (χ2v) is 8.51. The van der Waals surface area contributed by atoms with Gasteiger partial charge in [-0.15, -0.1) is 0 Å². The van der Waals surface area contributed by atoms with Crippen molar-refractivity contribution >= 4 is 10.0 Å². The average molecular weight is 362 g/mol. The highest BCUT2D eigenvalue weighted by Gasteiger charge is 2.31. The monoisotopic (exact) mass is 362 g/mol. The van der Waals surface area contributed by atoms with E-state index in [1.54, 1.807) is 22.1 Å². The van der Waals surface area contributed by atoms with E-state index in [9.17, 15) is 8.42 Å². The molecule has 1 saturated heterocycles. The molecular weight excluding hydrogens is 336 g/mol. The van der Waals surface area contributed by atoms with Gasteiger partial charge in [0.2, 0.25) is 10.0 Å². The van der Waals surface area contributed by atoms with Crippen molar-refractivity contribution in [3.8, 4) is 0 Å². The molecule has 0 unspecified atom stereocenters. The third kappa shape index (κ3) is 3.94. The molecule has 0 radical (unpaired) electrons. The van der Waals surface area contributed by atoms with Crippen LogP contribution in [0.4, 0.5) is 0 Å². The summed E-state index contributed by atoms with van der Waals surface area (Å²) in [5, 5.41) is 4.27. The normalized spacial score (nSPS) is 17.1. The van der Waals surface area contributed by atoms with E-state index in [0.717, 1.165) is 19.6 Å². The van der Waals surface area contributed by atoms with Crippen molar-refractivity contribution < 1.29 is 8.42 Å². The van der Waals surface area contributed by atoms with E-state index >= 15 is 0 Å². The second kappa shape index (κ2) is 7.27. The Hall–Kier alpha value is -1.70. The predicted molar refractivity (Wildman–Crippen MR) is 97.9 cm³/mol. The van der Waals surface area contributed by atoms with Crippen LogP contribution in [0.25, 0.3) is 0 Å². The van der Waals surface area contributed by atoms with Gasteiger partial charge >= 0.3 is 0 Å². The lowest BCUT2D eigenvalue weighted by Crippen LogP contribution is -2.48. The zero-order chi connectivity index (χ0) is 18.0. The molecule has 2 aromatic rings. The Balaban J connectivity index is 1.64. The molecule has 136 valence electrons. The molecule has 1 aromatic heterocycles. The molecule has 0 saturated carbocycles.